The van der Waals surface area contributed by atoms with Gasteiger partial charge in [-0.3, -0.25) is 4.79 Å². The highest BCUT2D eigenvalue weighted by atomic mass is 16.5. The molecule has 31 heavy (non-hydrogen) atoms. The summed E-state index contributed by atoms with van der Waals surface area (Å²) in [5.74, 6) is 2.11. The average molecular weight is 415 g/mol. The summed E-state index contributed by atoms with van der Waals surface area (Å²) >= 11 is 0. The van der Waals surface area contributed by atoms with Crippen LogP contribution in [-0.2, 0) is 9.53 Å². The Morgan fingerprint density at radius 3 is 2.55 bits per heavy atom. The van der Waals surface area contributed by atoms with E-state index in [-0.39, 0.29) is 12.4 Å². The number of carbonyl (C=O) groups is 2. The number of carbonyl (C=O) groups excluding carboxylic acids is 2. The molecule has 0 saturated carbocycles. The van der Waals surface area contributed by atoms with Crippen LogP contribution in [0.5, 0.6) is 11.5 Å². The molecule has 4 rings (SSSR count). The molecule has 156 valence electrons. The molecule has 1 aliphatic heterocycles. The topological polar surface area (TPSA) is 73.9 Å². The van der Waals surface area contributed by atoms with Crippen LogP contribution < -0.4 is 14.8 Å². The molecule has 0 saturated heterocycles. The van der Waals surface area contributed by atoms with Gasteiger partial charge in [-0.05, 0) is 24.6 Å². The van der Waals surface area contributed by atoms with Crippen LogP contribution in [0.2, 0.25) is 0 Å². The second kappa shape index (κ2) is 8.04. The number of methoxy groups -OCH3 is 2. The fourth-order valence-electron chi connectivity index (χ4n) is 4.15. The normalized spacial score (nSPS) is 16.8. The quantitative estimate of drug-likeness (QED) is 0.596. The molecule has 2 aliphatic rings. The van der Waals surface area contributed by atoms with Gasteiger partial charge in [-0.2, -0.15) is 0 Å². The largest absolute Gasteiger partial charge is 0.493 e. The highest BCUT2D eigenvalue weighted by Crippen LogP contribution is 2.47. The zero-order chi connectivity index (χ0) is 22.1. The van der Waals surface area contributed by atoms with Crippen molar-refractivity contribution >= 4 is 17.4 Å². The van der Waals surface area contributed by atoms with Crippen LogP contribution >= 0.6 is 0 Å². The van der Waals surface area contributed by atoms with Crippen LogP contribution in [0.1, 0.15) is 34.3 Å². The number of hydrogen-bond acceptors (Lipinski definition) is 6. The molecule has 0 spiro atoms. The molecule has 2 aromatic carbocycles. The van der Waals surface area contributed by atoms with Crippen molar-refractivity contribution in [1.82, 2.24) is 5.32 Å². The van der Waals surface area contributed by atoms with Crippen LogP contribution in [0.4, 0.5) is 0 Å². The maximum atomic E-state index is 13.4. The molecule has 1 aliphatic carbocycles. The minimum atomic E-state index is -0.626. The van der Waals surface area contributed by atoms with Crippen LogP contribution in [0.25, 0.3) is 5.70 Å². The summed E-state index contributed by atoms with van der Waals surface area (Å²) in [4.78, 5) is 26.1. The Kier molecular flexibility index (Phi) is 5.26. The zero-order valence-corrected chi connectivity index (χ0v) is 17.4. The highest BCUT2D eigenvalue weighted by molar-refractivity contribution is 6.23. The van der Waals surface area contributed by atoms with Crippen molar-refractivity contribution in [3.8, 4) is 23.8 Å². The Morgan fingerprint density at radius 2 is 1.87 bits per heavy atom. The number of hydrogen-bond donors (Lipinski definition) is 1. The van der Waals surface area contributed by atoms with E-state index in [2.05, 4.69) is 11.2 Å². The Morgan fingerprint density at radius 1 is 1.13 bits per heavy atom. The summed E-state index contributed by atoms with van der Waals surface area (Å²) in [6.45, 7) is 1.90. The smallest absolute Gasteiger partial charge is 0.336 e. The van der Waals surface area contributed by atoms with E-state index in [1.54, 1.807) is 25.1 Å². The van der Waals surface area contributed by atoms with Crippen molar-refractivity contribution in [1.29, 1.82) is 0 Å². The highest BCUT2D eigenvalue weighted by Gasteiger charge is 2.42. The third kappa shape index (κ3) is 3.24. The Hall–Kier alpha value is -3.98. The number of fused-ring (bicyclic) bond motifs is 2. The first kappa shape index (κ1) is 20.3. The molecule has 0 amide bonds. The third-order valence-electron chi connectivity index (χ3n) is 5.49. The van der Waals surface area contributed by atoms with Gasteiger partial charge in [-0.1, -0.05) is 36.3 Å². The van der Waals surface area contributed by atoms with Crippen molar-refractivity contribution in [2.24, 2.45) is 0 Å². The molecule has 0 radical (unpaired) electrons. The lowest BCUT2D eigenvalue weighted by molar-refractivity contribution is -0.136. The zero-order valence-electron chi connectivity index (χ0n) is 17.4. The number of esters is 1. The second-order valence-electron chi connectivity index (χ2n) is 7.15. The minimum absolute atomic E-state index is 0.0958. The number of terminal acetylenes is 1. The number of dihydropyridines is 1. The Bertz CT molecular complexity index is 1200. The lowest BCUT2D eigenvalue weighted by atomic mass is 9.79. The minimum Gasteiger partial charge on any atom is -0.493 e. The van der Waals surface area contributed by atoms with Gasteiger partial charge in [0, 0.05) is 28.3 Å². The van der Waals surface area contributed by atoms with Gasteiger partial charge in [0.25, 0.3) is 0 Å². The first-order chi connectivity index (χ1) is 15.0. The molecule has 0 aromatic heterocycles. The number of ether oxygens (including phenoxy) is 3. The van der Waals surface area contributed by atoms with Crippen LogP contribution in [-0.4, -0.2) is 32.6 Å². The van der Waals surface area contributed by atoms with Gasteiger partial charge in [-0.15, -0.1) is 6.42 Å². The summed E-state index contributed by atoms with van der Waals surface area (Å²) in [5, 5.41) is 3.26. The van der Waals surface area contributed by atoms with E-state index < -0.39 is 11.9 Å². The molecule has 6 nitrogen and oxygen atoms in total. The van der Waals surface area contributed by atoms with E-state index in [1.165, 1.54) is 14.2 Å². The fourth-order valence-corrected chi connectivity index (χ4v) is 4.15. The number of ketones is 1. The Balaban J connectivity index is 1.90. The predicted octanol–water partition coefficient (Wildman–Crippen LogP) is 3.45. The van der Waals surface area contributed by atoms with Crippen LogP contribution in [0, 0.1) is 12.3 Å². The van der Waals surface area contributed by atoms with Gasteiger partial charge in [0.2, 0.25) is 0 Å². The summed E-state index contributed by atoms with van der Waals surface area (Å²) in [6.07, 6.45) is 5.29. The standard InChI is InChI=1S/C25H21NO5/c1-5-12-31-18-11-10-15(13-19(18)29-3)21-20(25(28)30-4)14(2)26-23-16-8-6-7-9-17(16)24(27)22(21)23/h1,6-11,13,21,26H,12H2,2-4H3/t21-/m1/s1. The molecule has 1 atom stereocenters. The third-order valence-corrected chi connectivity index (χ3v) is 5.49. The van der Waals surface area contributed by atoms with Gasteiger partial charge in [0.1, 0.15) is 6.61 Å². The van der Waals surface area contributed by atoms with Gasteiger partial charge >= 0.3 is 5.97 Å². The monoisotopic (exact) mass is 415 g/mol. The number of rotatable bonds is 5. The van der Waals surface area contributed by atoms with E-state index in [0.29, 0.717) is 45.2 Å². The lowest BCUT2D eigenvalue weighted by Gasteiger charge is -2.29. The molecule has 0 bridgehead atoms. The predicted molar refractivity (Wildman–Crippen MR) is 116 cm³/mol. The first-order valence-electron chi connectivity index (χ1n) is 9.70. The number of nitrogens with one attached hydrogen (secondary N) is 1. The van der Waals surface area contributed by atoms with Crippen molar-refractivity contribution < 1.29 is 23.8 Å². The van der Waals surface area contributed by atoms with Crippen molar-refractivity contribution in [2.75, 3.05) is 20.8 Å². The molecule has 1 heterocycles. The summed E-state index contributed by atoms with van der Waals surface area (Å²) in [6, 6.07) is 12.7. The van der Waals surface area contributed by atoms with Crippen LogP contribution in [0.3, 0.4) is 0 Å². The van der Waals surface area contributed by atoms with Gasteiger partial charge in [0.15, 0.2) is 17.3 Å². The molecule has 2 aromatic rings. The number of allylic oxidation sites excluding steroid dienone is 2. The summed E-state index contributed by atoms with van der Waals surface area (Å²) in [5.41, 5.74) is 4.35. The molecular formula is C25H21NO5. The van der Waals surface area contributed by atoms with E-state index in [1.807, 2.05) is 24.3 Å². The molecule has 1 N–H and O–H groups in total. The fraction of sp³-hybridized carbons (Fsp3) is 0.200. The first-order valence-corrected chi connectivity index (χ1v) is 9.70. The SMILES string of the molecule is C#CCOc1ccc([C@@H]2C(C(=O)OC)=C(C)NC3=C2C(=O)c2ccccc23)cc1OC. The van der Waals surface area contributed by atoms with E-state index in [9.17, 15) is 9.59 Å². The maximum Gasteiger partial charge on any atom is 0.336 e. The van der Waals surface area contributed by atoms with E-state index in [0.717, 1.165) is 5.56 Å². The van der Waals surface area contributed by atoms with Crippen LogP contribution in [0.15, 0.2) is 59.3 Å². The van der Waals surface area contributed by atoms with Gasteiger partial charge in [-0.25, -0.2) is 4.79 Å². The molecular weight excluding hydrogens is 394 g/mol. The second-order valence-corrected chi connectivity index (χ2v) is 7.15. The number of Topliss-reactive ketones (excluding diaryl/α,β-unsaturated/α-hetero) is 1. The van der Waals surface area contributed by atoms with Gasteiger partial charge in [0.05, 0.1) is 25.5 Å². The maximum absolute atomic E-state index is 13.4. The summed E-state index contributed by atoms with van der Waals surface area (Å²) in [7, 11) is 2.85. The molecule has 0 unspecified atom stereocenters. The average Bonchev–Trinajstić information content (AvgIpc) is 3.08. The van der Waals surface area contributed by atoms with E-state index >= 15 is 0 Å². The Labute approximate surface area is 180 Å². The lowest BCUT2D eigenvalue weighted by Crippen LogP contribution is -2.29. The van der Waals surface area contributed by atoms with E-state index in [4.69, 9.17) is 20.6 Å². The molecule has 0 fully saturated rings. The summed E-state index contributed by atoms with van der Waals surface area (Å²) < 4.78 is 16.1. The van der Waals surface area contributed by atoms with Gasteiger partial charge < -0.3 is 19.5 Å². The van der Waals surface area contributed by atoms with Crippen molar-refractivity contribution in [3.05, 3.63) is 76.0 Å². The molecule has 6 heteroatoms. The van der Waals surface area contributed by atoms with Crippen molar-refractivity contribution in [3.63, 3.8) is 0 Å². The number of benzene rings is 2. The van der Waals surface area contributed by atoms with Crippen molar-refractivity contribution in [2.45, 2.75) is 12.8 Å².